The summed E-state index contributed by atoms with van der Waals surface area (Å²) in [5.41, 5.74) is 0.655. The van der Waals surface area contributed by atoms with E-state index in [1.807, 2.05) is 30.3 Å². The van der Waals surface area contributed by atoms with E-state index in [9.17, 15) is 9.59 Å². The molecule has 1 saturated heterocycles. The molecule has 0 aliphatic carbocycles. The number of carbonyl (C=O) groups excluding carboxylic acids is 2. The van der Waals surface area contributed by atoms with Crippen molar-refractivity contribution in [1.82, 2.24) is 5.32 Å². The Balaban J connectivity index is 1.51. The second-order valence-electron chi connectivity index (χ2n) is 6.83. The van der Waals surface area contributed by atoms with Crippen molar-refractivity contribution in [2.45, 2.75) is 25.5 Å². The number of carbonyl (C=O) groups is 2. The highest BCUT2D eigenvalue weighted by Gasteiger charge is 2.31. The van der Waals surface area contributed by atoms with Gasteiger partial charge in [0, 0.05) is 18.7 Å². The Bertz CT molecular complexity index is 851. The summed E-state index contributed by atoms with van der Waals surface area (Å²) in [6.45, 7) is 4.78. The molecule has 6 nitrogen and oxygen atoms in total. The highest BCUT2D eigenvalue weighted by atomic mass is 32.2. The summed E-state index contributed by atoms with van der Waals surface area (Å²) >= 11 is 1.31. The molecule has 1 aliphatic heterocycles. The molecule has 146 valence electrons. The molecular formula is C21H23N3O3S. The van der Waals surface area contributed by atoms with Crippen LogP contribution in [-0.2, 0) is 9.59 Å². The number of hydrogen-bond donors (Lipinski definition) is 2. The molecule has 28 heavy (non-hydrogen) atoms. The number of nitrogens with zero attached hydrogens (tertiary/aromatic N) is 1. The topological polar surface area (TPSA) is 79.8 Å². The fraction of sp³-hybridized carbons (Fsp3) is 0.286. The minimum Gasteiger partial charge on any atom is -0.457 e. The van der Waals surface area contributed by atoms with Gasteiger partial charge >= 0.3 is 0 Å². The van der Waals surface area contributed by atoms with Gasteiger partial charge in [0.15, 0.2) is 5.17 Å². The van der Waals surface area contributed by atoms with Crippen molar-refractivity contribution >= 4 is 34.4 Å². The van der Waals surface area contributed by atoms with Gasteiger partial charge in [0.2, 0.25) is 11.8 Å². The molecular weight excluding hydrogens is 374 g/mol. The third-order valence-electron chi connectivity index (χ3n) is 3.86. The van der Waals surface area contributed by atoms with Crippen LogP contribution in [-0.4, -0.2) is 28.8 Å². The van der Waals surface area contributed by atoms with Crippen molar-refractivity contribution in [2.75, 3.05) is 11.9 Å². The molecule has 0 aromatic heterocycles. The first kappa shape index (κ1) is 19.9. The first-order valence-electron chi connectivity index (χ1n) is 9.14. The highest BCUT2D eigenvalue weighted by Crippen LogP contribution is 2.25. The third kappa shape index (κ3) is 5.85. The Morgan fingerprint density at radius 2 is 1.82 bits per heavy atom. The van der Waals surface area contributed by atoms with Crippen LogP contribution in [0.5, 0.6) is 11.5 Å². The van der Waals surface area contributed by atoms with Gasteiger partial charge in [0.05, 0.1) is 0 Å². The van der Waals surface area contributed by atoms with Crippen molar-refractivity contribution in [3.8, 4) is 11.5 Å². The fourth-order valence-corrected chi connectivity index (χ4v) is 3.47. The fourth-order valence-electron chi connectivity index (χ4n) is 2.49. The average molecular weight is 398 g/mol. The molecule has 1 aliphatic rings. The number of anilines is 1. The first-order chi connectivity index (χ1) is 13.5. The summed E-state index contributed by atoms with van der Waals surface area (Å²) in [4.78, 5) is 28.7. The predicted octanol–water partition coefficient (Wildman–Crippen LogP) is 4.05. The molecule has 1 atom stereocenters. The van der Waals surface area contributed by atoms with Crippen LogP contribution in [0.25, 0.3) is 0 Å². The Kier molecular flexibility index (Phi) is 6.71. The van der Waals surface area contributed by atoms with Crippen molar-refractivity contribution in [3.05, 3.63) is 54.6 Å². The van der Waals surface area contributed by atoms with E-state index in [1.54, 1.807) is 24.3 Å². The van der Waals surface area contributed by atoms with Gasteiger partial charge in [0.1, 0.15) is 16.7 Å². The lowest BCUT2D eigenvalue weighted by Crippen LogP contribution is -2.28. The number of ether oxygens (including phenoxy) is 1. The summed E-state index contributed by atoms with van der Waals surface area (Å²) < 4.78 is 5.73. The van der Waals surface area contributed by atoms with Gasteiger partial charge in [-0.25, -0.2) is 0 Å². The lowest BCUT2D eigenvalue weighted by molar-refractivity contribution is -0.122. The van der Waals surface area contributed by atoms with E-state index in [2.05, 4.69) is 29.5 Å². The van der Waals surface area contributed by atoms with Gasteiger partial charge < -0.3 is 15.4 Å². The van der Waals surface area contributed by atoms with Crippen molar-refractivity contribution in [3.63, 3.8) is 0 Å². The monoisotopic (exact) mass is 397 g/mol. The number of nitrogens with one attached hydrogen (secondary N) is 2. The van der Waals surface area contributed by atoms with Crippen LogP contribution in [0, 0.1) is 5.92 Å². The molecule has 2 N–H and O–H groups in total. The van der Waals surface area contributed by atoms with E-state index in [0.717, 1.165) is 5.75 Å². The summed E-state index contributed by atoms with van der Waals surface area (Å²) in [5.74, 6) is 1.46. The maximum atomic E-state index is 12.3. The van der Waals surface area contributed by atoms with Crippen LogP contribution in [0.3, 0.4) is 0 Å². The highest BCUT2D eigenvalue weighted by molar-refractivity contribution is 8.15. The molecule has 2 aromatic carbocycles. The Hall–Kier alpha value is -2.80. The van der Waals surface area contributed by atoms with Gasteiger partial charge in [-0.05, 0) is 42.3 Å². The summed E-state index contributed by atoms with van der Waals surface area (Å²) in [6.07, 6.45) is 0.0967. The number of aliphatic imine (C=N–C) groups is 1. The van der Waals surface area contributed by atoms with E-state index < -0.39 is 5.25 Å². The van der Waals surface area contributed by atoms with Crippen LogP contribution in [0.2, 0.25) is 0 Å². The number of amidine groups is 1. The number of benzene rings is 2. The van der Waals surface area contributed by atoms with E-state index in [4.69, 9.17) is 4.74 Å². The van der Waals surface area contributed by atoms with Crippen LogP contribution >= 0.6 is 11.8 Å². The van der Waals surface area contributed by atoms with E-state index in [1.165, 1.54) is 11.8 Å². The molecule has 0 spiro atoms. The average Bonchev–Trinajstić information content (AvgIpc) is 3.02. The first-order valence-corrected chi connectivity index (χ1v) is 10.0. The molecule has 0 radical (unpaired) electrons. The molecule has 1 heterocycles. The molecule has 7 heteroatoms. The molecule has 1 fully saturated rings. The van der Waals surface area contributed by atoms with E-state index >= 15 is 0 Å². The Morgan fingerprint density at radius 1 is 1.14 bits per heavy atom. The number of hydrogen-bond acceptors (Lipinski definition) is 5. The summed E-state index contributed by atoms with van der Waals surface area (Å²) in [7, 11) is 0. The van der Waals surface area contributed by atoms with Gasteiger partial charge in [-0.3, -0.25) is 14.6 Å². The van der Waals surface area contributed by atoms with Crippen LogP contribution in [0.15, 0.2) is 59.6 Å². The second kappa shape index (κ2) is 9.41. The van der Waals surface area contributed by atoms with E-state index in [0.29, 0.717) is 29.1 Å². The molecule has 0 saturated carbocycles. The largest absolute Gasteiger partial charge is 0.457 e. The van der Waals surface area contributed by atoms with Gasteiger partial charge in [-0.2, -0.15) is 0 Å². The maximum Gasteiger partial charge on any atom is 0.240 e. The number of thioether (sulfide) groups is 1. The zero-order valence-electron chi connectivity index (χ0n) is 15.8. The second-order valence-corrected chi connectivity index (χ2v) is 8.02. The molecule has 0 unspecified atom stereocenters. The standard InChI is InChI=1S/C21H23N3O3S/c1-14(2)13-22-21-24-20(26)18(28-21)12-19(25)23-15-8-10-17(11-9-15)27-16-6-4-3-5-7-16/h3-11,14,18H,12-13H2,1-2H3,(H,23,25)(H,22,24,26)/t18-/m0/s1. The van der Waals surface area contributed by atoms with Crippen molar-refractivity contribution < 1.29 is 14.3 Å². The minimum atomic E-state index is -0.452. The smallest absolute Gasteiger partial charge is 0.240 e. The predicted molar refractivity (Wildman–Crippen MR) is 113 cm³/mol. The number of rotatable bonds is 7. The molecule has 3 rings (SSSR count). The SMILES string of the molecule is CC(C)CN=C1NC(=O)[C@H](CC(=O)Nc2ccc(Oc3ccccc3)cc2)S1. The van der Waals surface area contributed by atoms with Gasteiger partial charge in [0.25, 0.3) is 0 Å². The van der Waals surface area contributed by atoms with Crippen LogP contribution in [0.1, 0.15) is 20.3 Å². The number of para-hydroxylation sites is 1. The lowest BCUT2D eigenvalue weighted by Gasteiger charge is -2.09. The zero-order chi connectivity index (χ0) is 19.9. The number of amides is 2. The van der Waals surface area contributed by atoms with Gasteiger partial charge in [-0.1, -0.05) is 43.8 Å². The van der Waals surface area contributed by atoms with Crippen molar-refractivity contribution in [1.29, 1.82) is 0 Å². The third-order valence-corrected chi connectivity index (χ3v) is 4.98. The van der Waals surface area contributed by atoms with Crippen LogP contribution in [0.4, 0.5) is 5.69 Å². The minimum absolute atomic E-state index is 0.0967. The lowest BCUT2D eigenvalue weighted by atomic mass is 10.2. The molecule has 0 bridgehead atoms. The normalized spacial score (nSPS) is 17.6. The van der Waals surface area contributed by atoms with Crippen molar-refractivity contribution in [2.24, 2.45) is 10.9 Å². The van der Waals surface area contributed by atoms with E-state index in [-0.39, 0.29) is 18.2 Å². The Labute approximate surface area is 168 Å². The maximum absolute atomic E-state index is 12.3. The Morgan fingerprint density at radius 3 is 2.50 bits per heavy atom. The summed E-state index contributed by atoms with van der Waals surface area (Å²) in [6, 6.07) is 16.6. The molecule has 2 amide bonds. The van der Waals surface area contributed by atoms with Crippen LogP contribution < -0.4 is 15.4 Å². The molecule has 2 aromatic rings. The quantitative estimate of drug-likeness (QED) is 0.739. The summed E-state index contributed by atoms with van der Waals surface area (Å²) in [5, 5.41) is 5.70. The van der Waals surface area contributed by atoms with Gasteiger partial charge in [-0.15, -0.1) is 0 Å². The zero-order valence-corrected chi connectivity index (χ0v) is 16.7.